The van der Waals surface area contributed by atoms with Gasteiger partial charge in [-0.05, 0) is 36.2 Å². The van der Waals surface area contributed by atoms with Crippen LogP contribution in [0.3, 0.4) is 0 Å². The Morgan fingerprint density at radius 3 is 2.50 bits per heavy atom. The molecule has 24 heavy (non-hydrogen) atoms. The Morgan fingerprint density at radius 1 is 1.04 bits per heavy atom. The Kier molecular flexibility index (Phi) is 4.86. The predicted octanol–water partition coefficient (Wildman–Crippen LogP) is 3.06. The molecule has 0 aliphatic carbocycles. The van der Waals surface area contributed by atoms with Gasteiger partial charge in [0.25, 0.3) is 0 Å². The molecule has 122 valence electrons. The molecule has 0 atom stereocenters. The molecule has 0 radical (unpaired) electrons. The van der Waals surface area contributed by atoms with Gasteiger partial charge in [-0.25, -0.2) is 4.68 Å². The lowest BCUT2D eigenvalue weighted by Crippen LogP contribution is -1.98. The second-order valence-corrected chi connectivity index (χ2v) is 5.27. The Morgan fingerprint density at radius 2 is 1.79 bits per heavy atom. The molecule has 2 aromatic carbocycles. The number of rotatable bonds is 6. The zero-order chi connectivity index (χ0) is 16.8. The van der Waals surface area contributed by atoms with Crippen molar-refractivity contribution in [1.82, 2.24) is 14.9 Å². The van der Waals surface area contributed by atoms with E-state index in [1.807, 2.05) is 18.2 Å². The van der Waals surface area contributed by atoms with Gasteiger partial charge < -0.3 is 9.47 Å². The summed E-state index contributed by atoms with van der Waals surface area (Å²) in [4.78, 5) is 0. The lowest BCUT2D eigenvalue weighted by atomic mass is 10.2. The van der Waals surface area contributed by atoms with E-state index in [9.17, 15) is 0 Å². The summed E-state index contributed by atoms with van der Waals surface area (Å²) in [6.45, 7) is 2.55. The molecule has 0 aliphatic rings. The first-order chi connectivity index (χ1) is 11.7. The second-order valence-electron chi connectivity index (χ2n) is 5.27. The standard InChI is InChI=1S/C18H18N4O2/c1-14-3-5-15(6-4-14)11-24-17-8-7-16(9-18(17)23-2)10-21-22-12-19-20-13-22/h3-10,12-13H,11H2,1-2H3/b21-10+. The summed E-state index contributed by atoms with van der Waals surface area (Å²) >= 11 is 0. The van der Waals surface area contributed by atoms with Crippen molar-refractivity contribution in [3.8, 4) is 11.5 Å². The van der Waals surface area contributed by atoms with E-state index in [1.54, 1.807) is 13.3 Å². The molecule has 3 rings (SSSR count). The number of nitrogens with zero attached hydrogens (tertiary/aromatic N) is 4. The molecule has 0 N–H and O–H groups in total. The number of benzene rings is 2. The van der Waals surface area contributed by atoms with Crippen molar-refractivity contribution >= 4 is 6.21 Å². The lowest BCUT2D eigenvalue weighted by molar-refractivity contribution is 0.284. The highest BCUT2D eigenvalue weighted by atomic mass is 16.5. The molecule has 6 nitrogen and oxygen atoms in total. The topological polar surface area (TPSA) is 61.5 Å². The van der Waals surface area contributed by atoms with Crippen LogP contribution in [-0.2, 0) is 6.61 Å². The highest BCUT2D eigenvalue weighted by Gasteiger charge is 2.05. The van der Waals surface area contributed by atoms with Crippen LogP contribution in [0.25, 0.3) is 0 Å². The van der Waals surface area contributed by atoms with Crippen LogP contribution in [0.4, 0.5) is 0 Å². The van der Waals surface area contributed by atoms with Gasteiger partial charge in [-0.1, -0.05) is 29.8 Å². The van der Waals surface area contributed by atoms with Gasteiger partial charge in [0.15, 0.2) is 11.5 Å². The van der Waals surface area contributed by atoms with Crippen molar-refractivity contribution < 1.29 is 9.47 Å². The van der Waals surface area contributed by atoms with Crippen molar-refractivity contribution in [2.75, 3.05) is 7.11 Å². The van der Waals surface area contributed by atoms with E-state index in [0.717, 1.165) is 11.1 Å². The van der Waals surface area contributed by atoms with Gasteiger partial charge in [0.2, 0.25) is 0 Å². The summed E-state index contributed by atoms with van der Waals surface area (Å²) in [5.74, 6) is 1.36. The van der Waals surface area contributed by atoms with Gasteiger partial charge in [0.1, 0.15) is 19.3 Å². The van der Waals surface area contributed by atoms with Crippen molar-refractivity contribution in [3.63, 3.8) is 0 Å². The molecular formula is C18H18N4O2. The molecule has 0 unspecified atom stereocenters. The Bertz CT molecular complexity index is 812. The van der Waals surface area contributed by atoms with Crippen LogP contribution in [-0.4, -0.2) is 28.2 Å². The smallest absolute Gasteiger partial charge is 0.161 e. The number of aryl methyl sites for hydroxylation is 1. The molecule has 1 heterocycles. The summed E-state index contributed by atoms with van der Waals surface area (Å²) in [7, 11) is 1.62. The summed E-state index contributed by atoms with van der Waals surface area (Å²) in [5, 5.41) is 11.6. The number of hydrogen-bond acceptors (Lipinski definition) is 5. The lowest BCUT2D eigenvalue weighted by Gasteiger charge is -2.11. The largest absolute Gasteiger partial charge is 0.493 e. The van der Waals surface area contributed by atoms with Crippen LogP contribution >= 0.6 is 0 Å². The first-order valence-electron chi connectivity index (χ1n) is 7.50. The molecule has 6 heteroatoms. The van der Waals surface area contributed by atoms with Crippen LogP contribution in [0.15, 0.2) is 60.2 Å². The van der Waals surface area contributed by atoms with Crippen molar-refractivity contribution in [2.45, 2.75) is 13.5 Å². The van der Waals surface area contributed by atoms with Crippen molar-refractivity contribution in [2.24, 2.45) is 5.10 Å². The van der Waals surface area contributed by atoms with Gasteiger partial charge in [0.05, 0.1) is 13.3 Å². The molecule has 3 aromatic rings. The summed E-state index contributed by atoms with van der Waals surface area (Å²) in [6, 6.07) is 13.9. The van der Waals surface area contributed by atoms with E-state index in [1.165, 1.54) is 22.9 Å². The third-order valence-electron chi connectivity index (χ3n) is 3.45. The maximum absolute atomic E-state index is 5.86. The fraction of sp³-hybridized carbons (Fsp3) is 0.167. The van der Waals surface area contributed by atoms with Crippen LogP contribution in [0, 0.1) is 6.92 Å². The first-order valence-corrected chi connectivity index (χ1v) is 7.50. The van der Waals surface area contributed by atoms with E-state index in [2.05, 4.69) is 46.5 Å². The average molecular weight is 322 g/mol. The molecule has 0 saturated heterocycles. The maximum Gasteiger partial charge on any atom is 0.161 e. The Hall–Kier alpha value is -3.15. The summed E-state index contributed by atoms with van der Waals surface area (Å²) < 4.78 is 12.8. The van der Waals surface area contributed by atoms with E-state index in [-0.39, 0.29) is 0 Å². The number of ether oxygens (including phenoxy) is 2. The fourth-order valence-electron chi connectivity index (χ4n) is 2.12. The second kappa shape index (κ2) is 7.41. The Labute approximate surface area is 140 Å². The van der Waals surface area contributed by atoms with E-state index >= 15 is 0 Å². The minimum absolute atomic E-state index is 0.491. The summed E-state index contributed by atoms with van der Waals surface area (Å²) in [6.07, 6.45) is 4.75. The number of aromatic nitrogens is 3. The van der Waals surface area contributed by atoms with Gasteiger partial charge in [-0.2, -0.15) is 5.10 Å². The number of methoxy groups -OCH3 is 1. The highest BCUT2D eigenvalue weighted by Crippen LogP contribution is 2.28. The zero-order valence-corrected chi connectivity index (χ0v) is 13.6. The third-order valence-corrected chi connectivity index (χ3v) is 3.45. The monoisotopic (exact) mass is 322 g/mol. The van der Waals surface area contributed by atoms with E-state index in [0.29, 0.717) is 18.1 Å². The number of hydrogen-bond donors (Lipinski definition) is 0. The van der Waals surface area contributed by atoms with Gasteiger partial charge >= 0.3 is 0 Å². The highest BCUT2D eigenvalue weighted by molar-refractivity contribution is 5.80. The van der Waals surface area contributed by atoms with Gasteiger partial charge in [0, 0.05) is 0 Å². The first kappa shape index (κ1) is 15.7. The van der Waals surface area contributed by atoms with Crippen LogP contribution < -0.4 is 9.47 Å². The minimum Gasteiger partial charge on any atom is -0.493 e. The molecule has 0 aliphatic heterocycles. The molecular weight excluding hydrogens is 304 g/mol. The molecule has 0 fully saturated rings. The molecule has 0 spiro atoms. The molecule has 1 aromatic heterocycles. The minimum atomic E-state index is 0.491. The quantitative estimate of drug-likeness (QED) is 0.654. The van der Waals surface area contributed by atoms with E-state index in [4.69, 9.17) is 9.47 Å². The van der Waals surface area contributed by atoms with Gasteiger partial charge in [-0.3, -0.25) is 0 Å². The SMILES string of the molecule is COc1cc(/C=N/n2cnnc2)ccc1OCc1ccc(C)cc1. The maximum atomic E-state index is 5.86. The van der Waals surface area contributed by atoms with Crippen LogP contribution in [0.2, 0.25) is 0 Å². The Balaban J connectivity index is 1.70. The predicted molar refractivity (Wildman–Crippen MR) is 91.5 cm³/mol. The van der Waals surface area contributed by atoms with Crippen molar-refractivity contribution in [1.29, 1.82) is 0 Å². The molecule has 0 amide bonds. The van der Waals surface area contributed by atoms with E-state index < -0.39 is 0 Å². The average Bonchev–Trinajstić information content (AvgIpc) is 3.13. The fourth-order valence-corrected chi connectivity index (χ4v) is 2.12. The van der Waals surface area contributed by atoms with Crippen molar-refractivity contribution in [3.05, 3.63) is 71.8 Å². The summed E-state index contributed by atoms with van der Waals surface area (Å²) in [5.41, 5.74) is 3.23. The zero-order valence-electron chi connectivity index (χ0n) is 13.6. The third kappa shape index (κ3) is 3.98. The molecule has 0 saturated carbocycles. The van der Waals surface area contributed by atoms with Crippen LogP contribution in [0.1, 0.15) is 16.7 Å². The van der Waals surface area contributed by atoms with Crippen LogP contribution in [0.5, 0.6) is 11.5 Å². The molecule has 0 bridgehead atoms. The van der Waals surface area contributed by atoms with Gasteiger partial charge in [-0.15, -0.1) is 10.2 Å². The normalized spacial score (nSPS) is 10.9.